The van der Waals surface area contributed by atoms with E-state index in [0.717, 1.165) is 0 Å². The van der Waals surface area contributed by atoms with Crippen LogP contribution < -0.4 is 14.2 Å². The lowest BCUT2D eigenvalue weighted by Crippen LogP contribution is -2.63. The van der Waals surface area contributed by atoms with Crippen molar-refractivity contribution < 1.29 is 124 Å². The number of halogens is 1. The van der Waals surface area contributed by atoms with Gasteiger partial charge >= 0.3 is 53.7 Å². The maximum Gasteiger partial charge on any atom is 0.369 e. The fraction of sp³-hybridized carbons (Fsp3) is 0.750. The number of carbonyl (C=O) groups excluding carboxylic acids is 8. The van der Waals surface area contributed by atoms with Gasteiger partial charge in [-0.2, -0.15) is 0 Å². The van der Waals surface area contributed by atoms with Gasteiger partial charge in [0.2, 0.25) is 12.0 Å². The molecule has 83 heavy (non-hydrogen) atoms. The number of esters is 8. The van der Waals surface area contributed by atoms with E-state index >= 15 is 0 Å². The van der Waals surface area contributed by atoms with Crippen molar-refractivity contribution >= 4 is 63.7 Å². The molecule has 0 saturated carbocycles. The number of ether oxygens (including phenoxy) is 18. The third kappa shape index (κ3) is 18.5. The molecule has 26 nitrogen and oxygen atoms in total. The minimum atomic E-state index is -1.32. The zero-order valence-electron chi connectivity index (χ0n) is 49.8. The van der Waals surface area contributed by atoms with E-state index in [1.165, 1.54) is 55.4 Å². The van der Waals surface area contributed by atoms with E-state index in [1.807, 2.05) is 41.5 Å². The van der Waals surface area contributed by atoms with Gasteiger partial charge in [0.05, 0.1) is 18.8 Å². The average Bonchev–Trinajstić information content (AvgIpc) is 3.91. The Bertz CT molecular complexity index is 2410. The molecule has 4 fully saturated rings. The molecule has 21 atom stereocenters. The monoisotopic (exact) mass is 1250 g/mol. The molecule has 1 aromatic rings. The zero-order chi connectivity index (χ0) is 61.8. The summed E-state index contributed by atoms with van der Waals surface area (Å²) in [6.07, 6.45) is -12.2. The van der Waals surface area contributed by atoms with Gasteiger partial charge in [-0.3, -0.25) is 38.4 Å². The van der Waals surface area contributed by atoms with Crippen LogP contribution in [0.3, 0.4) is 0 Å². The summed E-state index contributed by atoms with van der Waals surface area (Å²) in [5.74, 6) is -6.16. The van der Waals surface area contributed by atoms with Crippen LogP contribution >= 0.6 is 15.9 Å². The fourth-order valence-corrected chi connectivity index (χ4v) is 11.0. The molecule has 0 radical (unpaired) electrons. The van der Waals surface area contributed by atoms with Crippen LogP contribution in [0.5, 0.6) is 17.2 Å². The second-order valence-electron chi connectivity index (χ2n) is 21.0. The molecule has 0 aromatic heterocycles. The maximum absolute atomic E-state index is 12.1. The topological polar surface area (TPSA) is 303 Å². The first-order valence-corrected chi connectivity index (χ1v) is 28.5. The van der Waals surface area contributed by atoms with Crippen molar-refractivity contribution in [1.82, 2.24) is 0 Å². The van der Waals surface area contributed by atoms with Crippen LogP contribution in [0, 0.1) is 29.6 Å². The predicted molar refractivity (Wildman–Crippen MR) is 285 cm³/mol. The molecule has 1 unspecified atom stereocenters. The minimum Gasteiger partial charge on any atom is -0.463 e. The van der Waals surface area contributed by atoms with Gasteiger partial charge < -0.3 is 85.3 Å². The Morgan fingerprint density at radius 3 is 1.46 bits per heavy atom. The Kier molecular flexibility index (Phi) is 25.2. The van der Waals surface area contributed by atoms with E-state index in [4.69, 9.17) is 85.3 Å². The van der Waals surface area contributed by atoms with Crippen molar-refractivity contribution in [1.29, 1.82) is 0 Å². The summed E-state index contributed by atoms with van der Waals surface area (Å²) in [7, 11) is 0. The molecular weight excluding hydrogens is 1170 g/mol. The van der Waals surface area contributed by atoms with E-state index in [0.29, 0.717) is 30.3 Å². The van der Waals surface area contributed by atoms with Crippen molar-refractivity contribution in [2.45, 2.75) is 214 Å². The van der Waals surface area contributed by atoms with E-state index in [1.54, 1.807) is 32.0 Å². The number of para-hydroxylation sites is 1. The first-order chi connectivity index (χ1) is 39.0. The molecule has 0 N–H and O–H groups in total. The van der Waals surface area contributed by atoms with Crippen LogP contribution in [0.15, 0.2) is 18.2 Å². The molecule has 468 valence electrons. The lowest BCUT2D eigenvalue weighted by molar-refractivity contribution is -0.332. The van der Waals surface area contributed by atoms with Gasteiger partial charge in [0.25, 0.3) is 0 Å². The smallest absolute Gasteiger partial charge is 0.369 e. The van der Waals surface area contributed by atoms with Crippen molar-refractivity contribution in [2.24, 2.45) is 29.6 Å². The molecule has 5 heterocycles. The van der Waals surface area contributed by atoms with Crippen molar-refractivity contribution in [2.75, 3.05) is 26.4 Å². The van der Waals surface area contributed by atoms with Crippen LogP contribution in [0.4, 0.5) is 0 Å². The van der Waals surface area contributed by atoms with Crippen LogP contribution in [0.2, 0.25) is 0 Å². The maximum atomic E-state index is 12.1. The Labute approximate surface area is 491 Å². The van der Waals surface area contributed by atoms with Crippen LogP contribution in [0.1, 0.15) is 117 Å². The van der Waals surface area contributed by atoms with E-state index in [9.17, 15) is 38.4 Å². The molecular formula is C56H81BrO26. The second-order valence-corrected chi connectivity index (χ2v) is 21.9. The Hall–Kier alpha value is -5.42. The van der Waals surface area contributed by atoms with Gasteiger partial charge in [0.1, 0.15) is 50.3 Å². The van der Waals surface area contributed by atoms with E-state index < -0.39 is 145 Å². The number of alkyl halides is 1. The Balaban J connectivity index is 0.000000320. The second kappa shape index (κ2) is 30.6. The lowest BCUT2D eigenvalue weighted by Gasteiger charge is -2.48. The third-order valence-electron chi connectivity index (χ3n) is 14.5. The molecule has 4 saturated heterocycles. The number of hydrogen-bond donors (Lipinski definition) is 0. The van der Waals surface area contributed by atoms with Gasteiger partial charge in [-0.05, 0) is 37.3 Å². The SMILES string of the molecule is CCOC1(C)Oc2cccc(O[C@@H]3O[C@H](COC(C)=O)[C@@H](O[C@@H]4O[C@H](COC(C)=O)[C@H](OC(C)=O)[C@H](OC(C)=O)[C@H]4C)[C@H](C)[C@H]3C)c2O1.CC[C@H]1O[C@@H](O[C@H]2[C@H](OC(C)=O)[C@@H](OC(C)=O)[C@@H](Br)O[C@@H]2COC(C)=O)[C@H](OC(C)=O)[C@@H](C)[C@H]1C. The molecule has 5 aliphatic heterocycles. The number of benzene rings is 1. The average molecular weight is 1250 g/mol. The number of rotatable bonds is 20. The van der Waals surface area contributed by atoms with Crippen LogP contribution in [-0.2, 0) is 109 Å². The zero-order valence-corrected chi connectivity index (χ0v) is 51.4. The molecule has 1 aromatic carbocycles. The van der Waals surface area contributed by atoms with Gasteiger partial charge in [0.15, 0.2) is 53.5 Å². The molecule has 0 spiro atoms. The summed E-state index contributed by atoms with van der Waals surface area (Å²) in [5.41, 5.74) is 0. The van der Waals surface area contributed by atoms with Crippen LogP contribution in [0.25, 0.3) is 0 Å². The summed E-state index contributed by atoms with van der Waals surface area (Å²) in [6, 6.07) is 5.22. The highest BCUT2D eigenvalue weighted by molar-refractivity contribution is 9.09. The number of carbonyl (C=O) groups is 8. The first kappa shape index (κ1) is 68.4. The van der Waals surface area contributed by atoms with Gasteiger partial charge in [-0.25, -0.2) is 0 Å². The summed E-state index contributed by atoms with van der Waals surface area (Å²) in [4.78, 5) is 94.9. The summed E-state index contributed by atoms with van der Waals surface area (Å²) >= 11 is 3.31. The van der Waals surface area contributed by atoms with Crippen LogP contribution in [-0.4, -0.2) is 171 Å². The van der Waals surface area contributed by atoms with Gasteiger partial charge in [0, 0.05) is 80.1 Å². The molecule has 6 rings (SSSR count). The number of hydrogen-bond acceptors (Lipinski definition) is 26. The third-order valence-corrected chi connectivity index (χ3v) is 15.2. The molecule has 5 aliphatic rings. The summed E-state index contributed by atoms with van der Waals surface area (Å²) < 4.78 is 105. The minimum absolute atomic E-state index is 0.0635. The summed E-state index contributed by atoms with van der Waals surface area (Å²) in [5, 5.41) is -0.893. The van der Waals surface area contributed by atoms with Gasteiger partial charge in [-0.15, -0.1) is 0 Å². The van der Waals surface area contributed by atoms with Crippen molar-refractivity contribution in [3.05, 3.63) is 18.2 Å². The lowest BCUT2D eigenvalue weighted by atomic mass is 9.82. The van der Waals surface area contributed by atoms with Crippen molar-refractivity contribution in [3.8, 4) is 17.2 Å². The molecule has 27 heteroatoms. The largest absolute Gasteiger partial charge is 0.463 e. The van der Waals surface area contributed by atoms with Gasteiger partial charge in [-0.1, -0.05) is 63.5 Å². The standard InChI is InChI=1S/C33H46O15.C23H35BrO11/c1-10-40-33(9)47-24-13-11-12-23(29(24)48-33)43-31-17(3)16(2)27(25(44-31)14-38-19(5)34)46-32-18(4)28(41-21(7)36)30(42-22(8)37)26(45-32)15-39-20(6)35;1-8-16-10(2)11(3)18(30-13(5)26)23(34-16)35-19-17(9-29-12(4)25)33-22(24)21(32-15(7)28)20(19)31-14(6)27/h11-13,16-18,25-28,30-32H,10,14-15H2,1-9H3;10-11,16-23H,8-9H2,1-7H3/t16-,17-,18-,25-,26-,27+,28-,30+,31-,32+,33?;10-,11+,16-,17-,18-,19-,20+,21-,22+,23+/m11/s1. The Morgan fingerprint density at radius 2 is 0.928 bits per heavy atom. The predicted octanol–water partition coefficient (Wildman–Crippen LogP) is 5.54. The fourth-order valence-electron chi connectivity index (χ4n) is 10.3. The molecule has 0 bridgehead atoms. The highest BCUT2D eigenvalue weighted by Crippen LogP contribution is 2.48. The van der Waals surface area contributed by atoms with Crippen molar-refractivity contribution in [3.63, 3.8) is 0 Å². The van der Waals surface area contributed by atoms with E-state index in [-0.39, 0.29) is 49.6 Å². The quantitative estimate of drug-likeness (QED) is 0.0879. The normalized spacial score (nSPS) is 35.4. The first-order valence-electron chi connectivity index (χ1n) is 27.6. The number of fused-ring (bicyclic) bond motifs is 1. The van der Waals surface area contributed by atoms with E-state index in [2.05, 4.69) is 15.9 Å². The molecule has 0 aliphatic carbocycles. The molecule has 0 amide bonds. The Morgan fingerprint density at radius 1 is 0.470 bits per heavy atom. The summed E-state index contributed by atoms with van der Waals surface area (Å²) in [6.45, 7) is 24.5. The highest BCUT2D eigenvalue weighted by Gasteiger charge is 2.55. The highest BCUT2D eigenvalue weighted by atomic mass is 79.9.